The van der Waals surface area contributed by atoms with Crippen molar-refractivity contribution in [2.45, 2.75) is 25.8 Å². The van der Waals surface area contributed by atoms with Gasteiger partial charge < -0.3 is 15.8 Å². The average molecular weight is 201 g/mol. The van der Waals surface area contributed by atoms with E-state index in [2.05, 4.69) is 9.97 Å². The molecule has 0 aliphatic carbocycles. The highest BCUT2D eigenvalue weighted by molar-refractivity contribution is 5.11. The largest absolute Gasteiger partial charge is 0.491 e. The molecule has 0 fully saturated rings. The smallest absolute Gasteiger partial charge is 0.291 e. The fourth-order valence-corrected chi connectivity index (χ4v) is 1.09. The van der Waals surface area contributed by atoms with Crippen LogP contribution in [-0.2, 0) is 0 Å². The molecule has 0 saturated carbocycles. The summed E-state index contributed by atoms with van der Waals surface area (Å²) in [7, 11) is 0. The van der Waals surface area contributed by atoms with Crippen LogP contribution in [0, 0.1) is 5.82 Å². The molecule has 0 aliphatic rings. The molecule has 78 valence electrons. The molecule has 5 nitrogen and oxygen atoms in total. The van der Waals surface area contributed by atoms with E-state index in [1.54, 1.807) is 0 Å². The average Bonchev–Trinajstić information content (AvgIpc) is 2.13. The molecule has 1 heterocycles. The molecular weight excluding hydrogens is 189 g/mol. The minimum Gasteiger partial charge on any atom is -0.491 e. The zero-order chi connectivity index (χ0) is 10.7. The third-order valence-corrected chi connectivity index (χ3v) is 1.81. The van der Waals surface area contributed by atoms with Crippen molar-refractivity contribution in [3.8, 4) is 5.88 Å². The minimum atomic E-state index is -1.28. The van der Waals surface area contributed by atoms with Gasteiger partial charge in [-0.1, -0.05) is 13.3 Å². The number of H-pyrrole nitrogens is 1. The van der Waals surface area contributed by atoms with Crippen LogP contribution in [-0.4, -0.2) is 15.1 Å². The van der Waals surface area contributed by atoms with Crippen LogP contribution in [0.15, 0.2) is 4.79 Å². The van der Waals surface area contributed by atoms with E-state index in [9.17, 15) is 9.18 Å². The standard InChI is InChI=1S/C8H12FN3O2/c1-2-3-4(10)6-11-7(13)5(9)8(14)12-6/h4H,2-3,10H2,1H3,(H2,11,12,13,14). The minimum absolute atomic E-state index is 0.107. The molecule has 0 radical (unpaired) electrons. The molecule has 1 atom stereocenters. The number of nitrogens with zero attached hydrogens (tertiary/aromatic N) is 1. The van der Waals surface area contributed by atoms with E-state index in [1.165, 1.54) is 0 Å². The number of halogens is 1. The molecule has 14 heavy (non-hydrogen) atoms. The third kappa shape index (κ3) is 2.08. The predicted molar refractivity (Wildman–Crippen MR) is 48.3 cm³/mol. The van der Waals surface area contributed by atoms with Crippen molar-refractivity contribution in [2.24, 2.45) is 5.73 Å². The van der Waals surface area contributed by atoms with Gasteiger partial charge in [-0.2, -0.15) is 9.37 Å². The van der Waals surface area contributed by atoms with Gasteiger partial charge in [-0.3, -0.25) is 4.79 Å². The Morgan fingerprint density at radius 2 is 2.36 bits per heavy atom. The Kier molecular flexibility index (Phi) is 3.19. The number of hydrogen-bond donors (Lipinski definition) is 3. The van der Waals surface area contributed by atoms with E-state index in [0.29, 0.717) is 6.42 Å². The van der Waals surface area contributed by atoms with E-state index in [0.717, 1.165) is 6.42 Å². The Hall–Kier alpha value is -1.43. The second kappa shape index (κ2) is 4.19. The lowest BCUT2D eigenvalue weighted by atomic mass is 10.2. The molecular formula is C8H12FN3O2. The summed E-state index contributed by atoms with van der Waals surface area (Å²) in [6.07, 6.45) is 1.41. The zero-order valence-electron chi connectivity index (χ0n) is 7.75. The summed E-state index contributed by atoms with van der Waals surface area (Å²) in [5.74, 6) is -2.08. The second-order valence-corrected chi connectivity index (χ2v) is 2.98. The van der Waals surface area contributed by atoms with Gasteiger partial charge in [-0.05, 0) is 6.42 Å². The number of nitrogens with two attached hydrogens (primary N) is 1. The van der Waals surface area contributed by atoms with Gasteiger partial charge in [0, 0.05) is 0 Å². The summed E-state index contributed by atoms with van der Waals surface area (Å²) < 4.78 is 12.7. The Balaban J connectivity index is 3.06. The molecule has 1 aromatic rings. The molecule has 0 spiro atoms. The van der Waals surface area contributed by atoms with Crippen molar-refractivity contribution < 1.29 is 9.50 Å². The van der Waals surface area contributed by atoms with E-state index in [1.807, 2.05) is 6.92 Å². The van der Waals surface area contributed by atoms with Crippen LogP contribution in [0.25, 0.3) is 0 Å². The van der Waals surface area contributed by atoms with Gasteiger partial charge in [0.15, 0.2) is 0 Å². The number of rotatable bonds is 3. The molecule has 0 bridgehead atoms. The van der Waals surface area contributed by atoms with Crippen LogP contribution in [0.5, 0.6) is 5.88 Å². The molecule has 1 unspecified atom stereocenters. The lowest BCUT2D eigenvalue weighted by Gasteiger charge is -2.08. The number of aromatic amines is 1. The molecule has 0 amide bonds. The van der Waals surface area contributed by atoms with Crippen molar-refractivity contribution in [2.75, 3.05) is 0 Å². The second-order valence-electron chi connectivity index (χ2n) is 2.98. The number of aromatic nitrogens is 2. The van der Waals surface area contributed by atoms with Crippen LogP contribution in [0.1, 0.15) is 31.6 Å². The lowest BCUT2D eigenvalue weighted by molar-refractivity contribution is 0.397. The lowest BCUT2D eigenvalue weighted by Crippen LogP contribution is -2.21. The Morgan fingerprint density at radius 3 is 2.86 bits per heavy atom. The first kappa shape index (κ1) is 10.6. The number of aromatic hydroxyl groups is 1. The summed E-state index contributed by atoms with van der Waals surface area (Å²) in [4.78, 5) is 16.5. The van der Waals surface area contributed by atoms with Gasteiger partial charge in [0.25, 0.3) is 11.4 Å². The first-order chi connectivity index (χ1) is 6.56. The first-order valence-electron chi connectivity index (χ1n) is 4.30. The first-order valence-corrected chi connectivity index (χ1v) is 4.30. The van der Waals surface area contributed by atoms with E-state index >= 15 is 0 Å². The van der Waals surface area contributed by atoms with Crippen LogP contribution in [0.4, 0.5) is 4.39 Å². The topological polar surface area (TPSA) is 92.0 Å². The molecule has 4 N–H and O–H groups in total. The van der Waals surface area contributed by atoms with Crippen molar-refractivity contribution in [1.29, 1.82) is 0 Å². The fourth-order valence-electron chi connectivity index (χ4n) is 1.09. The van der Waals surface area contributed by atoms with Gasteiger partial charge in [0.1, 0.15) is 5.82 Å². The van der Waals surface area contributed by atoms with Crippen molar-refractivity contribution >= 4 is 0 Å². The van der Waals surface area contributed by atoms with Crippen LogP contribution < -0.4 is 11.3 Å². The van der Waals surface area contributed by atoms with Crippen LogP contribution in [0.2, 0.25) is 0 Å². The van der Waals surface area contributed by atoms with Gasteiger partial charge in [-0.15, -0.1) is 0 Å². The number of hydrogen-bond acceptors (Lipinski definition) is 4. The molecule has 0 aromatic carbocycles. The summed E-state index contributed by atoms with van der Waals surface area (Å²) in [6, 6.07) is -0.487. The highest BCUT2D eigenvalue weighted by atomic mass is 19.1. The Bertz CT molecular complexity index is 377. The number of nitrogens with one attached hydrogen (secondary N) is 1. The van der Waals surface area contributed by atoms with E-state index in [-0.39, 0.29) is 5.82 Å². The molecule has 1 aromatic heterocycles. The fraction of sp³-hybridized carbons (Fsp3) is 0.500. The Labute approximate surface area is 79.8 Å². The maximum atomic E-state index is 12.7. The maximum absolute atomic E-state index is 12.7. The third-order valence-electron chi connectivity index (χ3n) is 1.81. The van der Waals surface area contributed by atoms with Crippen molar-refractivity contribution in [3.63, 3.8) is 0 Å². The Morgan fingerprint density at radius 1 is 1.71 bits per heavy atom. The molecule has 0 saturated heterocycles. The van der Waals surface area contributed by atoms with Gasteiger partial charge in [0.05, 0.1) is 6.04 Å². The normalized spacial score (nSPS) is 12.8. The van der Waals surface area contributed by atoms with Crippen molar-refractivity contribution in [3.05, 3.63) is 22.0 Å². The predicted octanol–water partition coefficient (Wildman–Crippen LogP) is 0.414. The van der Waals surface area contributed by atoms with Crippen LogP contribution >= 0.6 is 0 Å². The van der Waals surface area contributed by atoms with Gasteiger partial charge in [-0.25, -0.2) is 0 Å². The summed E-state index contributed by atoms with van der Waals surface area (Å²) in [5, 5.41) is 8.94. The van der Waals surface area contributed by atoms with Crippen LogP contribution in [0.3, 0.4) is 0 Å². The summed E-state index contributed by atoms with van der Waals surface area (Å²) in [5.41, 5.74) is 4.63. The van der Waals surface area contributed by atoms with Gasteiger partial charge in [0.2, 0.25) is 5.82 Å². The highest BCUT2D eigenvalue weighted by Gasteiger charge is 2.13. The zero-order valence-corrected chi connectivity index (χ0v) is 7.75. The van der Waals surface area contributed by atoms with E-state index < -0.39 is 23.3 Å². The van der Waals surface area contributed by atoms with Crippen molar-refractivity contribution in [1.82, 2.24) is 9.97 Å². The summed E-state index contributed by atoms with van der Waals surface area (Å²) >= 11 is 0. The monoisotopic (exact) mass is 201 g/mol. The quantitative estimate of drug-likeness (QED) is 0.660. The molecule has 1 rings (SSSR count). The van der Waals surface area contributed by atoms with E-state index in [4.69, 9.17) is 10.8 Å². The van der Waals surface area contributed by atoms with Gasteiger partial charge >= 0.3 is 0 Å². The summed E-state index contributed by atoms with van der Waals surface area (Å²) in [6.45, 7) is 1.92. The SMILES string of the molecule is CCCC(N)c1nc(O)c(F)c(=O)[nH]1. The highest BCUT2D eigenvalue weighted by Crippen LogP contribution is 2.13. The molecule has 0 aliphatic heterocycles. The molecule has 6 heteroatoms. The maximum Gasteiger partial charge on any atom is 0.291 e.